The van der Waals surface area contributed by atoms with Crippen LogP contribution in [0.25, 0.3) is 11.1 Å². The molecule has 1 fully saturated rings. The molecule has 2 aromatic carbocycles. The van der Waals surface area contributed by atoms with E-state index >= 15 is 0 Å². The van der Waals surface area contributed by atoms with Crippen LogP contribution in [0.2, 0.25) is 0 Å². The Bertz CT molecular complexity index is 1070. The number of likely N-dealkylation sites (N-methyl/N-ethyl adjacent to an activating group) is 1. The van der Waals surface area contributed by atoms with Crippen molar-refractivity contribution in [2.45, 2.75) is 13.0 Å². The minimum Gasteiger partial charge on any atom is -0.493 e. The number of carbonyl (C=O) groups excluding carboxylic acids is 1. The van der Waals surface area contributed by atoms with Crippen molar-refractivity contribution in [3.63, 3.8) is 0 Å². The molecule has 33 heavy (non-hydrogen) atoms. The van der Waals surface area contributed by atoms with Crippen LogP contribution in [0.5, 0.6) is 11.5 Å². The molecule has 0 bridgehead atoms. The fourth-order valence-electron chi connectivity index (χ4n) is 4.38. The highest BCUT2D eigenvalue weighted by atomic mass is 16.5. The number of carbonyl (C=O) groups is 1. The third-order valence-electron chi connectivity index (χ3n) is 6.24. The fraction of sp³-hybridized carbons (Fsp3) is 0.333. The normalized spacial score (nSPS) is 17.0. The molecule has 3 aromatic rings. The van der Waals surface area contributed by atoms with Gasteiger partial charge in [-0.2, -0.15) is 0 Å². The average molecular weight is 446 g/mol. The third-order valence-corrected chi connectivity index (χ3v) is 6.24. The van der Waals surface area contributed by atoms with E-state index in [1.165, 1.54) is 5.56 Å². The summed E-state index contributed by atoms with van der Waals surface area (Å²) in [6, 6.07) is 18.5. The number of amides is 1. The number of ether oxygens (including phenoxy) is 2. The van der Waals surface area contributed by atoms with Gasteiger partial charge in [-0.3, -0.25) is 14.7 Å². The smallest absolute Gasteiger partial charge is 0.227 e. The molecule has 1 saturated heterocycles. The molecule has 1 aromatic heterocycles. The van der Waals surface area contributed by atoms with Gasteiger partial charge < -0.3 is 14.4 Å². The standard InChI is InChI=1S/C27H31N3O3/c1-29-13-14-30(18-21-8-11-25(32-2)26(16-21)33-3)19-24(27(29)31)15-20-6-9-22(10-7-20)23-5-4-12-28-17-23/h4-12,16-17,24H,13-15,18-19H2,1-3H3. The number of aromatic nitrogens is 1. The topological polar surface area (TPSA) is 54.9 Å². The van der Waals surface area contributed by atoms with E-state index in [-0.39, 0.29) is 11.8 Å². The Morgan fingerprint density at radius 1 is 0.939 bits per heavy atom. The Balaban J connectivity index is 1.47. The van der Waals surface area contributed by atoms with Crippen LogP contribution < -0.4 is 9.47 Å². The average Bonchev–Trinajstić information content (AvgIpc) is 2.98. The van der Waals surface area contributed by atoms with E-state index < -0.39 is 0 Å². The highest BCUT2D eigenvalue weighted by molar-refractivity contribution is 5.79. The van der Waals surface area contributed by atoms with Crippen LogP contribution in [0, 0.1) is 5.92 Å². The maximum Gasteiger partial charge on any atom is 0.227 e. The van der Waals surface area contributed by atoms with Gasteiger partial charge in [-0.25, -0.2) is 0 Å². The second-order valence-electron chi connectivity index (χ2n) is 8.52. The number of hydrogen-bond acceptors (Lipinski definition) is 5. The summed E-state index contributed by atoms with van der Waals surface area (Å²) in [5, 5.41) is 0. The molecule has 1 aliphatic heterocycles. The first-order chi connectivity index (χ1) is 16.1. The molecular formula is C27H31N3O3. The summed E-state index contributed by atoms with van der Waals surface area (Å²) in [6.07, 6.45) is 4.36. The zero-order valence-corrected chi connectivity index (χ0v) is 19.5. The Kier molecular flexibility index (Phi) is 7.25. The van der Waals surface area contributed by atoms with Crippen molar-refractivity contribution in [1.29, 1.82) is 0 Å². The van der Waals surface area contributed by atoms with E-state index in [9.17, 15) is 4.79 Å². The number of methoxy groups -OCH3 is 2. The molecule has 1 aliphatic rings. The van der Waals surface area contributed by atoms with Crippen molar-refractivity contribution in [2.75, 3.05) is 40.9 Å². The summed E-state index contributed by atoms with van der Waals surface area (Å²) in [5.74, 6) is 1.57. The highest BCUT2D eigenvalue weighted by Gasteiger charge is 2.28. The van der Waals surface area contributed by atoms with E-state index in [2.05, 4.69) is 46.3 Å². The van der Waals surface area contributed by atoms with E-state index in [1.807, 2.05) is 36.3 Å². The molecule has 1 atom stereocenters. The molecule has 6 heteroatoms. The first kappa shape index (κ1) is 22.8. The van der Waals surface area contributed by atoms with Gasteiger partial charge in [-0.1, -0.05) is 36.4 Å². The van der Waals surface area contributed by atoms with E-state index in [0.29, 0.717) is 0 Å². The maximum absolute atomic E-state index is 13.1. The van der Waals surface area contributed by atoms with Gasteiger partial charge in [0.25, 0.3) is 0 Å². The van der Waals surface area contributed by atoms with E-state index in [4.69, 9.17) is 9.47 Å². The minimum atomic E-state index is -0.0816. The SMILES string of the molecule is COc1ccc(CN2CCN(C)C(=O)C(Cc3ccc(-c4cccnc4)cc3)C2)cc1OC. The summed E-state index contributed by atoms with van der Waals surface area (Å²) in [6.45, 7) is 3.05. The van der Waals surface area contributed by atoms with Crippen molar-refractivity contribution in [3.8, 4) is 22.6 Å². The van der Waals surface area contributed by atoms with Gasteiger partial charge in [0, 0.05) is 45.6 Å². The van der Waals surface area contributed by atoms with Crippen LogP contribution >= 0.6 is 0 Å². The Morgan fingerprint density at radius 3 is 2.39 bits per heavy atom. The summed E-state index contributed by atoms with van der Waals surface area (Å²) < 4.78 is 10.8. The summed E-state index contributed by atoms with van der Waals surface area (Å²) in [7, 11) is 5.19. The number of rotatable bonds is 7. The van der Waals surface area contributed by atoms with Crippen molar-refractivity contribution in [1.82, 2.24) is 14.8 Å². The van der Waals surface area contributed by atoms with Crippen LogP contribution in [0.3, 0.4) is 0 Å². The molecule has 1 amide bonds. The molecule has 4 rings (SSSR count). The molecule has 0 radical (unpaired) electrons. The molecule has 172 valence electrons. The maximum atomic E-state index is 13.1. The molecule has 6 nitrogen and oxygen atoms in total. The summed E-state index contributed by atoms with van der Waals surface area (Å²) in [4.78, 5) is 21.5. The zero-order chi connectivity index (χ0) is 23.2. The lowest BCUT2D eigenvalue weighted by Crippen LogP contribution is -2.34. The predicted octanol–water partition coefficient (Wildman–Crippen LogP) is 3.90. The quantitative estimate of drug-likeness (QED) is 0.552. The lowest BCUT2D eigenvalue weighted by Gasteiger charge is -2.23. The van der Waals surface area contributed by atoms with Gasteiger partial charge in [-0.15, -0.1) is 0 Å². The van der Waals surface area contributed by atoms with Crippen LogP contribution in [0.4, 0.5) is 0 Å². The van der Waals surface area contributed by atoms with Gasteiger partial charge in [-0.05, 0) is 46.9 Å². The van der Waals surface area contributed by atoms with E-state index in [1.54, 1.807) is 20.4 Å². The molecule has 0 N–H and O–H groups in total. The largest absolute Gasteiger partial charge is 0.493 e. The molecule has 2 heterocycles. The van der Waals surface area contributed by atoms with Gasteiger partial charge in [0.1, 0.15) is 0 Å². The van der Waals surface area contributed by atoms with Gasteiger partial charge in [0.2, 0.25) is 5.91 Å². The Labute approximate surface area is 195 Å². The lowest BCUT2D eigenvalue weighted by atomic mass is 9.96. The number of hydrogen-bond donors (Lipinski definition) is 0. The lowest BCUT2D eigenvalue weighted by molar-refractivity contribution is -0.133. The second kappa shape index (κ2) is 10.5. The summed E-state index contributed by atoms with van der Waals surface area (Å²) >= 11 is 0. The minimum absolute atomic E-state index is 0.0816. The monoisotopic (exact) mass is 445 g/mol. The van der Waals surface area contributed by atoms with Crippen molar-refractivity contribution in [2.24, 2.45) is 5.92 Å². The van der Waals surface area contributed by atoms with Crippen LogP contribution in [0.15, 0.2) is 67.0 Å². The van der Waals surface area contributed by atoms with Crippen molar-refractivity contribution < 1.29 is 14.3 Å². The zero-order valence-electron chi connectivity index (χ0n) is 19.5. The van der Waals surface area contributed by atoms with Crippen LogP contribution in [-0.4, -0.2) is 61.6 Å². The van der Waals surface area contributed by atoms with Crippen LogP contribution in [0.1, 0.15) is 11.1 Å². The Morgan fingerprint density at radius 2 is 1.70 bits per heavy atom. The van der Waals surface area contributed by atoms with Gasteiger partial charge >= 0.3 is 0 Å². The van der Waals surface area contributed by atoms with Crippen LogP contribution in [-0.2, 0) is 17.8 Å². The molecule has 0 aliphatic carbocycles. The van der Waals surface area contributed by atoms with Gasteiger partial charge in [0.05, 0.1) is 20.1 Å². The predicted molar refractivity (Wildman–Crippen MR) is 129 cm³/mol. The Hall–Kier alpha value is -3.38. The highest BCUT2D eigenvalue weighted by Crippen LogP contribution is 2.28. The number of pyridine rings is 1. The van der Waals surface area contributed by atoms with Gasteiger partial charge in [0.15, 0.2) is 11.5 Å². The second-order valence-corrected chi connectivity index (χ2v) is 8.52. The third kappa shape index (κ3) is 5.52. The first-order valence-corrected chi connectivity index (χ1v) is 11.2. The fourth-order valence-corrected chi connectivity index (χ4v) is 4.38. The molecule has 1 unspecified atom stereocenters. The molecule has 0 saturated carbocycles. The molecular weight excluding hydrogens is 414 g/mol. The summed E-state index contributed by atoms with van der Waals surface area (Å²) in [5.41, 5.74) is 4.54. The number of nitrogens with zero attached hydrogens (tertiary/aromatic N) is 3. The number of benzene rings is 2. The first-order valence-electron chi connectivity index (χ1n) is 11.2. The molecule has 0 spiro atoms. The van der Waals surface area contributed by atoms with E-state index in [0.717, 1.165) is 60.8 Å². The van der Waals surface area contributed by atoms with Crippen molar-refractivity contribution >= 4 is 5.91 Å². The van der Waals surface area contributed by atoms with Crippen molar-refractivity contribution in [3.05, 3.63) is 78.1 Å².